The minimum absolute atomic E-state index is 0.333. The van der Waals surface area contributed by atoms with E-state index in [-0.39, 0.29) is 0 Å². The van der Waals surface area contributed by atoms with Crippen LogP contribution in [0.25, 0.3) is 11.1 Å². The fourth-order valence-corrected chi connectivity index (χ4v) is 2.69. The minimum Gasteiger partial charge on any atom is -0.381 e. The van der Waals surface area contributed by atoms with Gasteiger partial charge < -0.3 is 10.6 Å². The number of aliphatic imine (C=N–C) groups is 1. The second-order valence-electron chi connectivity index (χ2n) is 5.96. The lowest BCUT2D eigenvalue weighted by molar-refractivity contribution is 0.960. The average molecular weight is 346 g/mol. The smallest absolute Gasteiger partial charge is 0.129 e. The summed E-state index contributed by atoms with van der Waals surface area (Å²) in [5, 5.41) is 15.1. The summed E-state index contributed by atoms with van der Waals surface area (Å²) in [6, 6.07) is 5.91. The van der Waals surface area contributed by atoms with Gasteiger partial charge >= 0.3 is 0 Å². The Balaban J connectivity index is 1.99. The van der Waals surface area contributed by atoms with Crippen molar-refractivity contribution in [1.29, 1.82) is 5.41 Å². The third-order valence-electron chi connectivity index (χ3n) is 4.10. The van der Waals surface area contributed by atoms with E-state index in [0.29, 0.717) is 30.2 Å². The van der Waals surface area contributed by atoms with Crippen LogP contribution in [-0.4, -0.2) is 41.1 Å². The second-order valence-corrected chi connectivity index (χ2v) is 5.96. The Morgan fingerprint density at radius 3 is 2.73 bits per heavy atom. The lowest BCUT2D eigenvalue weighted by atomic mass is 9.97. The summed E-state index contributed by atoms with van der Waals surface area (Å²) in [7, 11) is 0. The van der Waals surface area contributed by atoms with Crippen molar-refractivity contribution in [1.82, 2.24) is 15.3 Å². The van der Waals surface area contributed by atoms with Gasteiger partial charge in [0.15, 0.2) is 0 Å². The summed E-state index contributed by atoms with van der Waals surface area (Å²) in [5.74, 6) is 1.42. The predicted molar refractivity (Wildman–Crippen MR) is 107 cm³/mol. The van der Waals surface area contributed by atoms with Crippen LogP contribution in [0, 0.1) is 12.3 Å². The third kappa shape index (κ3) is 3.69. The van der Waals surface area contributed by atoms with Crippen molar-refractivity contribution in [3.63, 3.8) is 0 Å². The van der Waals surface area contributed by atoms with E-state index >= 15 is 0 Å². The van der Waals surface area contributed by atoms with Gasteiger partial charge in [0.05, 0.1) is 12.3 Å². The maximum Gasteiger partial charge on any atom is 0.129 e. The monoisotopic (exact) mass is 346 g/mol. The van der Waals surface area contributed by atoms with Crippen molar-refractivity contribution >= 4 is 17.2 Å². The van der Waals surface area contributed by atoms with Gasteiger partial charge in [-0.1, -0.05) is 18.7 Å². The van der Waals surface area contributed by atoms with E-state index in [1.165, 1.54) is 0 Å². The van der Waals surface area contributed by atoms with Gasteiger partial charge in [0, 0.05) is 47.9 Å². The summed E-state index contributed by atoms with van der Waals surface area (Å²) < 4.78 is 0. The molecular formula is C20H22N6. The van der Waals surface area contributed by atoms with Crippen LogP contribution in [0.5, 0.6) is 0 Å². The quantitative estimate of drug-likeness (QED) is 0.531. The number of aryl methyl sites for hydroxylation is 1. The zero-order chi connectivity index (χ0) is 18.5. The molecular weight excluding hydrogens is 324 g/mol. The van der Waals surface area contributed by atoms with Crippen molar-refractivity contribution in [2.45, 2.75) is 6.92 Å². The number of rotatable bonds is 7. The highest BCUT2D eigenvalue weighted by Crippen LogP contribution is 2.26. The zero-order valence-corrected chi connectivity index (χ0v) is 14.8. The largest absolute Gasteiger partial charge is 0.381 e. The zero-order valence-electron chi connectivity index (χ0n) is 14.8. The molecule has 26 heavy (non-hydrogen) atoms. The van der Waals surface area contributed by atoms with Gasteiger partial charge in [-0.3, -0.25) is 10.4 Å². The molecule has 1 aliphatic rings. The minimum atomic E-state index is 0.333. The number of benzene rings is 1. The Morgan fingerprint density at radius 2 is 2.08 bits per heavy atom. The highest BCUT2D eigenvalue weighted by atomic mass is 15.1. The Kier molecular flexibility index (Phi) is 5.22. The Hall–Kier alpha value is -3.28. The fourth-order valence-electron chi connectivity index (χ4n) is 2.69. The van der Waals surface area contributed by atoms with Crippen molar-refractivity contribution in [3.05, 3.63) is 66.8 Å². The number of anilines is 1. The molecule has 2 aromatic rings. The van der Waals surface area contributed by atoms with E-state index in [1.54, 1.807) is 18.5 Å². The Bertz CT molecular complexity index is 880. The van der Waals surface area contributed by atoms with Gasteiger partial charge in [-0.05, 0) is 24.6 Å². The van der Waals surface area contributed by atoms with Crippen LogP contribution in [0.4, 0.5) is 5.69 Å². The first-order valence-corrected chi connectivity index (χ1v) is 8.45. The highest BCUT2D eigenvalue weighted by molar-refractivity contribution is 6.29. The van der Waals surface area contributed by atoms with E-state index in [2.05, 4.69) is 38.8 Å². The Labute approximate surface area is 153 Å². The molecule has 0 amide bonds. The molecule has 0 bridgehead atoms. The molecule has 0 saturated carbocycles. The maximum absolute atomic E-state index is 8.65. The van der Waals surface area contributed by atoms with E-state index in [9.17, 15) is 0 Å². The molecule has 1 aliphatic heterocycles. The number of nitrogens with one attached hydrogen (secondary N) is 3. The first-order chi connectivity index (χ1) is 12.6. The van der Waals surface area contributed by atoms with Crippen LogP contribution < -0.4 is 10.6 Å². The van der Waals surface area contributed by atoms with Crippen molar-refractivity contribution in [2.24, 2.45) is 4.99 Å². The number of aromatic nitrogens is 2. The molecule has 0 atom stereocenters. The van der Waals surface area contributed by atoms with E-state index in [4.69, 9.17) is 5.41 Å². The van der Waals surface area contributed by atoms with Crippen molar-refractivity contribution < 1.29 is 0 Å². The third-order valence-corrected chi connectivity index (χ3v) is 4.10. The van der Waals surface area contributed by atoms with Gasteiger partial charge in [-0.15, -0.1) is 6.58 Å². The summed E-state index contributed by atoms with van der Waals surface area (Å²) in [6.45, 7) is 11.8. The molecule has 0 fully saturated rings. The van der Waals surface area contributed by atoms with Crippen molar-refractivity contribution in [2.75, 3.05) is 25.0 Å². The van der Waals surface area contributed by atoms with Gasteiger partial charge in [0.25, 0.3) is 0 Å². The van der Waals surface area contributed by atoms with E-state index in [1.807, 2.05) is 25.1 Å². The molecule has 1 aromatic heterocycles. The molecule has 0 spiro atoms. The van der Waals surface area contributed by atoms with Gasteiger partial charge in [0.2, 0.25) is 0 Å². The summed E-state index contributed by atoms with van der Waals surface area (Å²) in [5.41, 5.74) is 4.38. The number of hydrogen-bond donors (Lipinski definition) is 3. The summed E-state index contributed by atoms with van der Waals surface area (Å²) in [6.07, 6.45) is 5.37. The molecule has 2 heterocycles. The molecule has 6 nitrogen and oxygen atoms in total. The standard InChI is InChI=1S/C20H22N6/c1-4-7-22-18-6-5-15(16-11-25-14(3)26-12-16)10-17(18)19(21)13(2)20-23-8-9-24-20/h4-6,10-12,21-22H,1-2,7-9H2,3H3,(H,23,24). The number of amidine groups is 1. The van der Waals surface area contributed by atoms with Crippen LogP contribution in [0.15, 0.2) is 60.4 Å². The average Bonchev–Trinajstić information content (AvgIpc) is 3.20. The SMILES string of the molecule is C=CCNc1ccc(-c2cnc(C)nc2)cc1C(=N)C(=C)C1=NCCN1. The predicted octanol–water partition coefficient (Wildman–Crippen LogP) is 2.98. The molecule has 0 radical (unpaired) electrons. The molecule has 0 unspecified atom stereocenters. The molecule has 132 valence electrons. The summed E-state index contributed by atoms with van der Waals surface area (Å²) in [4.78, 5) is 12.9. The van der Waals surface area contributed by atoms with Gasteiger partial charge in [-0.2, -0.15) is 0 Å². The lowest BCUT2D eigenvalue weighted by Crippen LogP contribution is -2.24. The molecule has 0 aliphatic carbocycles. The topological polar surface area (TPSA) is 86.1 Å². The molecule has 6 heteroatoms. The van der Waals surface area contributed by atoms with E-state index in [0.717, 1.165) is 34.7 Å². The second kappa shape index (κ2) is 7.74. The van der Waals surface area contributed by atoms with Crippen LogP contribution in [0.1, 0.15) is 11.4 Å². The Morgan fingerprint density at radius 1 is 1.31 bits per heavy atom. The highest BCUT2D eigenvalue weighted by Gasteiger charge is 2.18. The van der Waals surface area contributed by atoms with Crippen molar-refractivity contribution in [3.8, 4) is 11.1 Å². The fraction of sp³-hybridized carbons (Fsp3) is 0.200. The lowest BCUT2D eigenvalue weighted by Gasteiger charge is -2.16. The molecule has 3 N–H and O–H groups in total. The van der Waals surface area contributed by atoms with Crippen LogP contribution in [0.3, 0.4) is 0 Å². The summed E-state index contributed by atoms with van der Waals surface area (Å²) >= 11 is 0. The van der Waals surface area contributed by atoms with E-state index < -0.39 is 0 Å². The normalized spacial score (nSPS) is 12.9. The van der Waals surface area contributed by atoms with Gasteiger partial charge in [0.1, 0.15) is 11.7 Å². The maximum atomic E-state index is 8.65. The van der Waals surface area contributed by atoms with Crippen LogP contribution >= 0.6 is 0 Å². The van der Waals surface area contributed by atoms with Crippen LogP contribution in [-0.2, 0) is 0 Å². The molecule has 1 aromatic carbocycles. The van der Waals surface area contributed by atoms with Gasteiger partial charge in [-0.25, -0.2) is 9.97 Å². The number of nitrogens with zero attached hydrogens (tertiary/aromatic N) is 3. The first-order valence-electron chi connectivity index (χ1n) is 8.45. The molecule has 0 saturated heterocycles. The first kappa shape index (κ1) is 17.5. The number of hydrogen-bond acceptors (Lipinski definition) is 6. The molecule has 3 rings (SSSR count). The van der Waals surface area contributed by atoms with Crippen LogP contribution in [0.2, 0.25) is 0 Å².